The van der Waals surface area contributed by atoms with Gasteiger partial charge in [-0.2, -0.15) is 0 Å². The molecule has 0 aromatic carbocycles. The van der Waals surface area contributed by atoms with Crippen LogP contribution in [0.1, 0.15) is 77.6 Å². The van der Waals surface area contributed by atoms with Crippen LogP contribution < -0.4 is 0 Å². The van der Waals surface area contributed by atoms with E-state index in [1.54, 1.807) is 0 Å². The van der Waals surface area contributed by atoms with E-state index in [1.807, 2.05) is 0 Å². The molecule has 1 N–H and O–H groups in total. The Morgan fingerprint density at radius 1 is 0.789 bits per heavy atom. The first-order valence-corrected chi connectivity index (χ1v) is 7.79. The molecule has 0 aliphatic rings. The van der Waals surface area contributed by atoms with Crippen LogP contribution in [0, 0.1) is 0 Å². The first-order valence-electron chi connectivity index (χ1n) is 7.79. The van der Waals surface area contributed by atoms with Crippen molar-refractivity contribution in [2.24, 2.45) is 0 Å². The van der Waals surface area contributed by atoms with Gasteiger partial charge in [-0.3, -0.25) is 4.79 Å². The van der Waals surface area contributed by atoms with Gasteiger partial charge >= 0.3 is 5.97 Å². The van der Waals surface area contributed by atoms with E-state index in [1.165, 1.54) is 38.5 Å². The fourth-order valence-electron chi connectivity index (χ4n) is 1.90. The summed E-state index contributed by atoms with van der Waals surface area (Å²) in [4.78, 5) is 10.3. The number of carboxylic acid groups (broad SMARTS) is 1. The van der Waals surface area contributed by atoms with Gasteiger partial charge in [-0.1, -0.05) is 56.9 Å². The zero-order valence-electron chi connectivity index (χ0n) is 12.4. The van der Waals surface area contributed by atoms with Gasteiger partial charge in [0, 0.05) is 6.42 Å². The monoisotopic (exact) mass is 266 g/mol. The molecule has 110 valence electrons. The van der Waals surface area contributed by atoms with E-state index in [9.17, 15) is 4.79 Å². The maximum atomic E-state index is 10.3. The largest absolute Gasteiger partial charge is 0.481 e. The van der Waals surface area contributed by atoms with E-state index in [2.05, 4.69) is 31.2 Å². The van der Waals surface area contributed by atoms with Crippen LogP contribution in [0.25, 0.3) is 0 Å². The first kappa shape index (κ1) is 17.9. The third-order valence-corrected chi connectivity index (χ3v) is 3.07. The van der Waals surface area contributed by atoms with Crippen molar-refractivity contribution in [2.45, 2.75) is 77.6 Å². The Morgan fingerprint density at radius 3 is 1.89 bits per heavy atom. The second-order valence-corrected chi connectivity index (χ2v) is 5.01. The van der Waals surface area contributed by atoms with Crippen LogP contribution in [0.15, 0.2) is 24.3 Å². The van der Waals surface area contributed by atoms with Crippen molar-refractivity contribution in [1.29, 1.82) is 0 Å². The lowest BCUT2D eigenvalue weighted by atomic mass is 10.1. The van der Waals surface area contributed by atoms with Crippen molar-refractivity contribution >= 4 is 5.97 Å². The number of hydrogen-bond acceptors (Lipinski definition) is 1. The maximum absolute atomic E-state index is 10.3. The van der Waals surface area contributed by atoms with Gasteiger partial charge in [0.05, 0.1) is 0 Å². The molecule has 0 saturated carbocycles. The van der Waals surface area contributed by atoms with E-state index in [0.29, 0.717) is 0 Å². The molecule has 0 fully saturated rings. The molecule has 2 nitrogen and oxygen atoms in total. The Labute approximate surface area is 118 Å². The Hall–Kier alpha value is -1.05. The number of carboxylic acids is 1. The second kappa shape index (κ2) is 15.0. The summed E-state index contributed by atoms with van der Waals surface area (Å²) in [5.41, 5.74) is 0. The van der Waals surface area contributed by atoms with Crippen molar-refractivity contribution in [3.8, 4) is 0 Å². The minimum Gasteiger partial charge on any atom is -0.481 e. The molecule has 0 rings (SSSR count). The molecule has 0 amide bonds. The molecule has 0 aromatic heterocycles. The number of carbonyl (C=O) groups is 1. The number of rotatable bonds is 13. The average molecular weight is 266 g/mol. The van der Waals surface area contributed by atoms with Gasteiger partial charge in [-0.05, 0) is 38.5 Å². The standard InChI is InChI=1S/C17H30O2/c1-2-3-4-5-6-7-8-9-10-11-12-13-14-15-16-17(18)19/h8-9,12-13H,2-7,10-11,14-16H2,1H3,(H,18,19). The third-order valence-electron chi connectivity index (χ3n) is 3.07. The van der Waals surface area contributed by atoms with E-state index in [0.717, 1.165) is 25.7 Å². The number of aliphatic carboxylic acids is 1. The molecule has 0 aromatic rings. The van der Waals surface area contributed by atoms with Gasteiger partial charge in [-0.15, -0.1) is 0 Å². The van der Waals surface area contributed by atoms with Crippen LogP contribution in [0.3, 0.4) is 0 Å². The molecule has 2 heteroatoms. The van der Waals surface area contributed by atoms with Gasteiger partial charge < -0.3 is 5.11 Å². The van der Waals surface area contributed by atoms with Gasteiger partial charge in [0.25, 0.3) is 0 Å². The van der Waals surface area contributed by atoms with Gasteiger partial charge in [-0.25, -0.2) is 0 Å². The van der Waals surface area contributed by atoms with Gasteiger partial charge in [0.2, 0.25) is 0 Å². The van der Waals surface area contributed by atoms with Crippen LogP contribution in [0.5, 0.6) is 0 Å². The van der Waals surface area contributed by atoms with Crippen molar-refractivity contribution in [2.75, 3.05) is 0 Å². The molecule has 0 spiro atoms. The Kier molecular flexibility index (Phi) is 14.2. The van der Waals surface area contributed by atoms with Crippen molar-refractivity contribution in [3.63, 3.8) is 0 Å². The summed E-state index contributed by atoms with van der Waals surface area (Å²) in [5, 5.41) is 8.47. The molecule has 0 atom stereocenters. The Bertz CT molecular complexity index is 254. The van der Waals surface area contributed by atoms with E-state index < -0.39 is 5.97 Å². The minimum absolute atomic E-state index is 0.280. The van der Waals surface area contributed by atoms with Crippen LogP contribution in [0.4, 0.5) is 0 Å². The molecule has 19 heavy (non-hydrogen) atoms. The topological polar surface area (TPSA) is 37.3 Å². The fourth-order valence-corrected chi connectivity index (χ4v) is 1.90. The smallest absolute Gasteiger partial charge is 0.303 e. The minimum atomic E-state index is -0.699. The number of hydrogen-bond donors (Lipinski definition) is 1. The molecule has 0 aliphatic heterocycles. The lowest BCUT2D eigenvalue weighted by molar-refractivity contribution is -0.137. The van der Waals surface area contributed by atoms with Crippen LogP contribution >= 0.6 is 0 Å². The molecule has 0 heterocycles. The predicted octanol–water partition coefficient (Wildman–Crippen LogP) is 5.49. The summed E-state index contributed by atoms with van der Waals surface area (Å²) in [5.74, 6) is -0.699. The number of allylic oxidation sites excluding steroid dienone is 4. The average Bonchev–Trinajstić information content (AvgIpc) is 2.39. The van der Waals surface area contributed by atoms with Crippen LogP contribution in [-0.4, -0.2) is 11.1 Å². The molecule has 0 saturated heterocycles. The van der Waals surface area contributed by atoms with E-state index in [-0.39, 0.29) is 6.42 Å². The maximum Gasteiger partial charge on any atom is 0.303 e. The summed E-state index contributed by atoms with van der Waals surface area (Å²) < 4.78 is 0. The SMILES string of the molecule is CCCCCCCC=CCCC=CCCCC(=O)O. The first-order chi connectivity index (χ1) is 9.27. The highest BCUT2D eigenvalue weighted by Crippen LogP contribution is 2.06. The lowest BCUT2D eigenvalue weighted by Gasteiger charge is -1.96. The van der Waals surface area contributed by atoms with Crippen molar-refractivity contribution in [1.82, 2.24) is 0 Å². The molecule has 0 bridgehead atoms. The second-order valence-electron chi connectivity index (χ2n) is 5.01. The molecule has 0 radical (unpaired) electrons. The summed E-state index contributed by atoms with van der Waals surface area (Å²) in [6, 6.07) is 0. The lowest BCUT2D eigenvalue weighted by Crippen LogP contribution is -1.92. The Balaban J connectivity index is 3.20. The zero-order chi connectivity index (χ0) is 14.2. The predicted molar refractivity (Wildman–Crippen MR) is 82.4 cm³/mol. The van der Waals surface area contributed by atoms with Crippen LogP contribution in [0.2, 0.25) is 0 Å². The fraction of sp³-hybridized carbons (Fsp3) is 0.706. The highest BCUT2D eigenvalue weighted by atomic mass is 16.4. The molecule has 0 unspecified atom stereocenters. The summed E-state index contributed by atoms with van der Waals surface area (Å²) >= 11 is 0. The third kappa shape index (κ3) is 16.9. The van der Waals surface area contributed by atoms with Gasteiger partial charge in [0.15, 0.2) is 0 Å². The van der Waals surface area contributed by atoms with Crippen LogP contribution in [-0.2, 0) is 4.79 Å². The zero-order valence-corrected chi connectivity index (χ0v) is 12.4. The van der Waals surface area contributed by atoms with Gasteiger partial charge in [0.1, 0.15) is 0 Å². The number of unbranched alkanes of at least 4 members (excludes halogenated alkanes) is 7. The highest BCUT2D eigenvalue weighted by Gasteiger charge is 1.92. The van der Waals surface area contributed by atoms with Crippen molar-refractivity contribution < 1.29 is 9.90 Å². The summed E-state index contributed by atoms with van der Waals surface area (Å²) in [7, 11) is 0. The molecule has 0 aliphatic carbocycles. The van der Waals surface area contributed by atoms with E-state index >= 15 is 0 Å². The molecular weight excluding hydrogens is 236 g/mol. The Morgan fingerprint density at radius 2 is 1.32 bits per heavy atom. The van der Waals surface area contributed by atoms with Crippen molar-refractivity contribution in [3.05, 3.63) is 24.3 Å². The molecular formula is C17H30O2. The van der Waals surface area contributed by atoms with E-state index in [4.69, 9.17) is 5.11 Å². The quantitative estimate of drug-likeness (QED) is 0.353. The normalized spacial score (nSPS) is 11.6. The summed E-state index contributed by atoms with van der Waals surface area (Å²) in [6.07, 6.45) is 20.9. The summed E-state index contributed by atoms with van der Waals surface area (Å²) in [6.45, 7) is 2.25. The highest BCUT2D eigenvalue weighted by molar-refractivity contribution is 5.66.